The summed E-state index contributed by atoms with van der Waals surface area (Å²) in [6.45, 7) is 1.62. The number of hydrogen-bond acceptors (Lipinski definition) is 2. The zero-order valence-electron chi connectivity index (χ0n) is 11.2. The lowest BCUT2D eigenvalue weighted by molar-refractivity contribution is 0.122. The van der Waals surface area contributed by atoms with E-state index in [1.54, 1.807) is 0 Å². The van der Waals surface area contributed by atoms with Crippen LogP contribution in [0.4, 0.5) is 5.69 Å². The predicted molar refractivity (Wildman–Crippen MR) is 78.4 cm³/mol. The van der Waals surface area contributed by atoms with E-state index in [1.165, 1.54) is 5.69 Å². The molecule has 2 aliphatic rings. The van der Waals surface area contributed by atoms with Crippen LogP contribution in [-0.4, -0.2) is 47.4 Å². The van der Waals surface area contributed by atoms with E-state index >= 15 is 0 Å². The Balaban J connectivity index is 1.88. The van der Waals surface area contributed by atoms with E-state index in [4.69, 9.17) is 5.11 Å². The van der Waals surface area contributed by atoms with Gasteiger partial charge in [0.15, 0.2) is 0 Å². The van der Waals surface area contributed by atoms with Crippen LogP contribution in [-0.2, 0) is 11.0 Å². The third kappa shape index (κ3) is 2.07. The number of benzene rings is 1. The molecular formula is C14H19N2O2S+. The molecule has 1 saturated heterocycles. The zero-order valence-corrected chi connectivity index (χ0v) is 12.1. The maximum atomic E-state index is 12.6. The van der Waals surface area contributed by atoms with Gasteiger partial charge in [-0.1, -0.05) is 12.1 Å². The molecule has 102 valence electrons. The van der Waals surface area contributed by atoms with Crippen molar-refractivity contribution in [2.24, 2.45) is 5.92 Å². The minimum atomic E-state index is -1.12. The second kappa shape index (κ2) is 4.52. The molecule has 1 N–H and O–H groups in total. The summed E-state index contributed by atoms with van der Waals surface area (Å²) in [6.07, 6.45) is 2.06. The molecule has 0 saturated carbocycles. The topological polar surface area (TPSA) is 40.5 Å². The Kier molecular flexibility index (Phi) is 3.09. The highest BCUT2D eigenvalue weighted by atomic mass is 32.2. The van der Waals surface area contributed by atoms with Gasteiger partial charge >= 0.3 is 0 Å². The van der Waals surface area contributed by atoms with Crippen LogP contribution < -0.4 is 4.48 Å². The highest BCUT2D eigenvalue weighted by Crippen LogP contribution is 2.40. The molecule has 4 nitrogen and oxygen atoms in total. The third-order valence-corrected chi connectivity index (χ3v) is 5.30. The minimum Gasteiger partial charge on any atom is -0.396 e. The summed E-state index contributed by atoms with van der Waals surface area (Å²) in [4.78, 5) is 0.900. The highest BCUT2D eigenvalue weighted by molar-refractivity contribution is 7.92. The first kappa shape index (κ1) is 13.0. The fourth-order valence-corrected chi connectivity index (χ4v) is 4.35. The van der Waals surface area contributed by atoms with Crippen LogP contribution in [0.5, 0.6) is 0 Å². The Bertz CT molecular complexity index is 562. The van der Waals surface area contributed by atoms with Gasteiger partial charge in [-0.3, -0.25) is 4.48 Å². The van der Waals surface area contributed by atoms with E-state index in [1.807, 2.05) is 22.5 Å². The molecule has 19 heavy (non-hydrogen) atoms. The van der Waals surface area contributed by atoms with E-state index in [9.17, 15) is 4.21 Å². The molecule has 1 aromatic carbocycles. The Morgan fingerprint density at radius 2 is 2.05 bits per heavy atom. The second-order valence-electron chi connectivity index (χ2n) is 5.70. The Morgan fingerprint density at radius 1 is 1.37 bits per heavy atom. The van der Waals surface area contributed by atoms with Gasteiger partial charge in [0, 0.05) is 31.7 Å². The maximum absolute atomic E-state index is 12.6. The van der Waals surface area contributed by atoms with Crippen molar-refractivity contribution < 1.29 is 9.32 Å². The van der Waals surface area contributed by atoms with Gasteiger partial charge in [0.25, 0.3) is 0 Å². The summed E-state index contributed by atoms with van der Waals surface area (Å²) in [5.74, 6) is 0.281. The van der Waals surface area contributed by atoms with Gasteiger partial charge < -0.3 is 5.11 Å². The summed E-state index contributed by atoms with van der Waals surface area (Å²) >= 11 is 0. The number of rotatable bonds is 3. The SMILES string of the molecule is C[N+]1(C)C=C(S(=O)N2CC(CO)C2)c2ccccc21. The van der Waals surface area contributed by atoms with Crippen molar-refractivity contribution in [3.63, 3.8) is 0 Å². The molecule has 1 aromatic rings. The van der Waals surface area contributed by atoms with E-state index in [0.29, 0.717) is 4.48 Å². The largest absolute Gasteiger partial charge is 0.396 e. The molecule has 1 fully saturated rings. The number of aliphatic hydroxyl groups is 1. The molecule has 0 spiro atoms. The van der Waals surface area contributed by atoms with Crippen LogP contribution in [0.2, 0.25) is 0 Å². The monoisotopic (exact) mass is 279 g/mol. The lowest BCUT2D eigenvalue weighted by atomic mass is 10.1. The summed E-state index contributed by atoms with van der Waals surface area (Å²) in [5, 5.41) is 9.05. The molecule has 2 heterocycles. The van der Waals surface area contributed by atoms with Crippen molar-refractivity contribution in [3.8, 4) is 0 Å². The van der Waals surface area contributed by atoms with Gasteiger partial charge in [-0.2, -0.15) is 0 Å². The highest BCUT2D eigenvalue weighted by Gasteiger charge is 2.39. The molecule has 1 atom stereocenters. The average Bonchev–Trinajstić information content (AvgIpc) is 2.61. The van der Waals surface area contributed by atoms with E-state index in [0.717, 1.165) is 23.6 Å². The van der Waals surface area contributed by atoms with Crippen LogP contribution in [0, 0.1) is 5.92 Å². The lowest BCUT2D eigenvalue weighted by Gasteiger charge is -2.36. The Hall–Kier alpha value is -1.01. The summed E-state index contributed by atoms with van der Waals surface area (Å²) < 4.78 is 15.2. The minimum absolute atomic E-state index is 0.185. The molecule has 2 aliphatic heterocycles. The quantitative estimate of drug-likeness (QED) is 0.843. The summed E-state index contributed by atoms with van der Waals surface area (Å²) in [6, 6.07) is 8.13. The number of fused-ring (bicyclic) bond motifs is 1. The van der Waals surface area contributed by atoms with Crippen LogP contribution in [0.3, 0.4) is 0 Å². The first-order chi connectivity index (χ1) is 9.03. The number of quaternary nitrogens is 1. The van der Waals surface area contributed by atoms with Crippen LogP contribution in [0.25, 0.3) is 4.91 Å². The maximum Gasteiger partial charge on any atom is 0.145 e. The molecule has 0 bridgehead atoms. The van der Waals surface area contributed by atoms with E-state index in [2.05, 4.69) is 26.4 Å². The molecule has 3 rings (SSSR count). The first-order valence-corrected chi connectivity index (χ1v) is 7.58. The van der Waals surface area contributed by atoms with Gasteiger partial charge in [-0.15, -0.1) is 0 Å². The molecule has 1 unspecified atom stereocenters. The molecule has 0 radical (unpaired) electrons. The van der Waals surface area contributed by atoms with Gasteiger partial charge in [0.1, 0.15) is 27.8 Å². The van der Waals surface area contributed by atoms with Crippen LogP contribution in [0.15, 0.2) is 30.5 Å². The Labute approximate surface area is 116 Å². The molecule has 0 aliphatic carbocycles. The summed E-state index contributed by atoms with van der Waals surface area (Å²) in [7, 11) is 3.07. The number of nitrogens with zero attached hydrogens (tertiary/aromatic N) is 2. The van der Waals surface area contributed by atoms with Crippen molar-refractivity contribution in [2.45, 2.75) is 0 Å². The van der Waals surface area contributed by atoms with Crippen molar-refractivity contribution in [2.75, 3.05) is 33.8 Å². The van der Waals surface area contributed by atoms with E-state index in [-0.39, 0.29) is 12.5 Å². The van der Waals surface area contributed by atoms with Crippen molar-refractivity contribution >= 4 is 21.6 Å². The third-order valence-electron chi connectivity index (χ3n) is 3.83. The van der Waals surface area contributed by atoms with Gasteiger partial charge in [0.05, 0.1) is 19.7 Å². The number of hydrogen-bond donors (Lipinski definition) is 1. The molecular weight excluding hydrogens is 260 g/mol. The van der Waals surface area contributed by atoms with Gasteiger partial charge in [-0.05, 0) is 6.07 Å². The predicted octanol–water partition coefficient (Wildman–Crippen LogP) is 1.15. The zero-order chi connectivity index (χ0) is 13.6. The van der Waals surface area contributed by atoms with E-state index < -0.39 is 11.0 Å². The molecule has 0 aromatic heterocycles. The second-order valence-corrected chi connectivity index (χ2v) is 7.15. The fraction of sp³-hybridized carbons (Fsp3) is 0.429. The van der Waals surface area contributed by atoms with Gasteiger partial charge in [-0.25, -0.2) is 8.51 Å². The average molecular weight is 279 g/mol. The number of aliphatic hydroxyl groups excluding tert-OH is 1. The molecule has 0 amide bonds. The standard InChI is InChI=1S/C14H19N2O2S/c1-16(2)9-14(12-5-3-4-6-13(12)16)19(18)15-7-11(8-15)10-17/h3-6,9,11,17H,7-8,10H2,1-2H3/q+1. The Morgan fingerprint density at radius 3 is 2.74 bits per heavy atom. The van der Waals surface area contributed by atoms with Crippen molar-refractivity contribution in [1.82, 2.24) is 8.79 Å². The first-order valence-electron chi connectivity index (χ1n) is 6.47. The van der Waals surface area contributed by atoms with Gasteiger partial charge in [0.2, 0.25) is 0 Å². The smallest absolute Gasteiger partial charge is 0.145 e. The summed E-state index contributed by atoms with van der Waals surface area (Å²) in [5.41, 5.74) is 2.27. The van der Waals surface area contributed by atoms with Crippen molar-refractivity contribution in [3.05, 3.63) is 36.0 Å². The normalized spacial score (nSPS) is 23.6. The van der Waals surface area contributed by atoms with Crippen LogP contribution in [0.1, 0.15) is 5.56 Å². The molecule has 5 heteroatoms. The van der Waals surface area contributed by atoms with Crippen molar-refractivity contribution in [1.29, 1.82) is 0 Å². The fourth-order valence-electron chi connectivity index (χ4n) is 2.67. The lowest BCUT2D eigenvalue weighted by Crippen LogP contribution is -2.48. The van der Waals surface area contributed by atoms with Crippen LogP contribution >= 0.6 is 0 Å². The number of para-hydroxylation sites is 1.